The Balaban J connectivity index is 2.21. The van der Waals surface area contributed by atoms with Gasteiger partial charge in [0.05, 0.1) is 23.5 Å². The molecule has 0 unspecified atom stereocenters. The van der Waals surface area contributed by atoms with Gasteiger partial charge >= 0.3 is 5.97 Å². The number of aryl methyl sites for hydroxylation is 2. The fourth-order valence-corrected chi connectivity index (χ4v) is 3.26. The number of nitrogens with zero attached hydrogens (tertiary/aromatic N) is 2. The van der Waals surface area contributed by atoms with Crippen molar-refractivity contribution in [3.05, 3.63) is 46.6 Å². The quantitative estimate of drug-likeness (QED) is 0.803. The predicted molar refractivity (Wildman–Crippen MR) is 79.3 cm³/mol. The van der Waals surface area contributed by atoms with E-state index in [9.17, 15) is 4.79 Å². The van der Waals surface area contributed by atoms with Gasteiger partial charge in [0.15, 0.2) is 4.96 Å². The standard InChI is InChI=1S/C15H14N2O2S/c1-9-3-5-11(6-4-9)13-8-20-15-16-10(2)12(17(13)15)7-14(18)19/h3-6,8H,7H2,1-2H3,(H,18,19). The SMILES string of the molecule is Cc1ccc(-c2csc3nc(C)c(CC(=O)O)n23)cc1. The molecule has 1 aromatic carbocycles. The number of fused-ring (bicyclic) bond motifs is 1. The van der Waals surface area contributed by atoms with Crippen molar-refractivity contribution in [2.45, 2.75) is 20.3 Å². The Morgan fingerprint density at radius 2 is 2.00 bits per heavy atom. The van der Waals surface area contributed by atoms with Crippen LogP contribution in [0.1, 0.15) is 17.0 Å². The van der Waals surface area contributed by atoms with E-state index >= 15 is 0 Å². The Hall–Kier alpha value is -2.14. The summed E-state index contributed by atoms with van der Waals surface area (Å²) in [7, 11) is 0. The Morgan fingerprint density at radius 1 is 1.30 bits per heavy atom. The van der Waals surface area contributed by atoms with E-state index in [2.05, 4.69) is 29.2 Å². The molecule has 0 fully saturated rings. The largest absolute Gasteiger partial charge is 0.481 e. The van der Waals surface area contributed by atoms with Gasteiger partial charge in [-0.1, -0.05) is 29.8 Å². The molecular formula is C15H14N2O2S. The number of hydrogen-bond donors (Lipinski definition) is 1. The summed E-state index contributed by atoms with van der Waals surface area (Å²) >= 11 is 1.53. The van der Waals surface area contributed by atoms with Crippen LogP contribution in [0.5, 0.6) is 0 Å². The van der Waals surface area contributed by atoms with Gasteiger partial charge in [0.1, 0.15) is 0 Å². The Labute approximate surface area is 120 Å². The van der Waals surface area contributed by atoms with Gasteiger partial charge in [-0.2, -0.15) is 0 Å². The van der Waals surface area contributed by atoms with E-state index in [1.165, 1.54) is 16.9 Å². The summed E-state index contributed by atoms with van der Waals surface area (Å²) in [5.74, 6) is -0.837. The van der Waals surface area contributed by atoms with E-state index in [1.54, 1.807) is 0 Å². The van der Waals surface area contributed by atoms with Gasteiger partial charge in [0, 0.05) is 5.38 Å². The van der Waals surface area contributed by atoms with Gasteiger partial charge in [-0.05, 0) is 19.4 Å². The van der Waals surface area contributed by atoms with Crippen molar-refractivity contribution in [1.82, 2.24) is 9.38 Å². The molecule has 20 heavy (non-hydrogen) atoms. The molecular weight excluding hydrogens is 272 g/mol. The smallest absolute Gasteiger partial charge is 0.309 e. The second kappa shape index (κ2) is 4.76. The number of thiazole rings is 1. The van der Waals surface area contributed by atoms with Crippen LogP contribution in [-0.4, -0.2) is 20.5 Å². The number of rotatable bonds is 3. The van der Waals surface area contributed by atoms with Crippen molar-refractivity contribution in [2.75, 3.05) is 0 Å². The van der Waals surface area contributed by atoms with Gasteiger partial charge in [-0.3, -0.25) is 9.20 Å². The monoisotopic (exact) mass is 286 g/mol. The molecule has 0 aliphatic carbocycles. The predicted octanol–water partition coefficient (Wildman–Crippen LogP) is 3.31. The molecule has 0 aliphatic heterocycles. The molecule has 0 radical (unpaired) electrons. The summed E-state index contributed by atoms with van der Waals surface area (Å²) < 4.78 is 1.96. The van der Waals surface area contributed by atoms with Gasteiger partial charge in [-0.25, -0.2) is 4.98 Å². The Morgan fingerprint density at radius 3 is 2.65 bits per heavy atom. The highest BCUT2D eigenvalue weighted by Crippen LogP contribution is 2.29. The lowest BCUT2D eigenvalue weighted by molar-refractivity contribution is -0.136. The molecule has 3 aromatic rings. The lowest BCUT2D eigenvalue weighted by Gasteiger charge is -2.04. The van der Waals surface area contributed by atoms with Gasteiger partial charge in [-0.15, -0.1) is 11.3 Å². The first-order valence-electron chi connectivity index (χ1n) is 6.30. The average molecular weight is 286 g/mol. The fourth-order valence-electron chi connectivity index (χ4n) is 2.30. The Bertz CT molecular complexity index is 784. The third kappa shape index (κ3) is 2.10. The molecule has 0 bridgehead atoms. The summed E-state index contributed by atoms with van der Waals surface area (Å²) in [6.45, 7) is 3.90. The first kappa shape index (κ1) is 12.9. The highest BCUT2D eigenvalue weighted by Gasteiger charge is 2.17. The maximum absolute atomic E-state index is 11.0. The number of carboxylic acids is 1. The van der Waals surface area contributed by atoms with Crippen molar-refractivity contribution in [1.29, 1.82) is 0 Å². The lowest BCUT2D eigenvalue weighted by Crippen LogP contribution is -2.05. The van der Waals surface area contributed by atoms with Crippen LogP contribution < -0.4 is 0 Å². The molecule has 3 rings (SSSR count). The summed E-state index contributed by atoms with van der Waals surface area (Å²) in [6, 6.07) is 8.21. The molecule has 2 heterocycles. The molecule has 4 nitrogen and oxygen atoms in total. The lowest BCUT2D eigenvalue weighted by atomic mass is 10.1. The Kier molecular flexibility index (Phi) is 3.06. The van der Waals surface area contributed by atoms with Crippen LogP contribution in [0.25, 0.3) is 16.2 Å². The molecule has 0 spiro atoms. The third-order valence-electron chi connectivity index (χ3n) is 3.33. The fraction of sp³-hybridized carbons (Fsp3) is 0.200. The van der Waals surface area contributed by atoms with E-state index in [4.69, 9.17) is 5.11 Å². The van der Waals surface area contributed by atoms with Crippen LogP contribution in [0.4, 0.5) is 0 Å². The third-order valence-corrected chi connectivity index (χ3v) is 4.15. The summed E-state index contributed by atoms with van der Waals surface area (Å²) in [5.41, 5.74) is 4.82. The van der Waals surface area contributed by atoms with Crippen molar-refractivity contribution in [2.24, 2.45) is 0 Å². The molecule has 0 amide bonds. The first-order valence-corrected chi connectivity index (χ1v) is 7.18. The van der Waals surface area contributed by atoms with Crippen LogP contribution in [0.3, 0.4) is 0 Å². The van der Waals surface area contributed by atoms with Crippen molar-refractivity contribution in [3.8, 4) is 11.3 Å². The van der Waals surface area contributed by atoms with Crippen LogP contribution in [-0.2, 0) is 11.2 Å². The number of carboxylic acid groups (broad SMARTS) is 1. The van der Waals surface area contributed by atoms with E-state index in [1.807, 2.05) is 23.6 Å². The average Bonchev–Trinajstić information content (AvgIpc) is 2.91. The number of hydrogen-bond acceptors (Lipinski definition) is 3. The zero-order valence-corrected chi connectivity index (χ0v) is 12.1. The van der Waals surface area contributed by atoms with E-state index in [0.717, 1.165) is 27.6 Å². The second-order valence-electron chi connectivity index (χ2n) is 4.82. The minimum Gasteiger partial charge on any atom is -0.481 e. The minimum atomic E-state index is -0.837. The van der Waals surface area contributed by atoms with Crippen LogP contribution in [0.15, 0.2) is 29.6 Å². The number of benzene rings is 1. The van der Waals surface area contributed by atoms with Crippen molar-refractivity contribution >= 4 is 22.3 Å². The van der Waals surface area contributed by atoms with Gasteiger partial charge in [0.25, 0.3) is 0 Å². The summed E-state index contributed by atoms with van der Waals surface area (Å²) in [4.78, 5) is 16.3. The number of carbonyl (C=O) groups is 1. The first-order chi connectivity index (χ1) is 9.56. The zero-order valence-electron chi connectivity index (χ0n) is 11.3. The maximum Gasteiger partial charge on any atom is 0.309 e. The number of aliphatic carboxylic acids is 1. The zero-order chi connectivity index (χ0) is 14.3. The second-order valence-corrected chi connectivity index (χ2v) is 5.66. The summed E-state index contributed by atoms with van der Waals surface area (Å²) in [5, 5.41) is 11.1. The normalized spacial score (nSPS) is 11.1. The maximum atomic E-state index is 11.0. The molecule has 1 N–H and O–H groups in total. The van der Waals surface area contributed by atoms with E-state index < -0.39 is 5.97 Å². The van der Waals surface area contributed by atoms with E-state index in [0.29, 0.717) is 0 Å². The van der Waals surface area contributed by atoms with Gasteiger partial charge in [0.2, 0.25) is 0 Å². The molecule has 0 aliphatic rings. The van der Waals surface area contributed by atoms with Crippen LogP contribution in [0.2, 0.25) is 0 Å². The van der Waals surface area contributed by atoms with Gasteiger partial charge < -0.3 is 5.11 Å². The molecule has 2 aromatic heterocycles. The van der Waals surface area contributed by atoms with E-state index in [-0.39, 0.29) is 6.42 Å². The number of aromatic nitrogens is 2. The molecule has 102 valence electrons. The minimum absolute atomic E-state index is 0.0113. The summed E-state index contributed by atoms with van der Waals surface area (Å²) in [6.07, 6.45) is -0.0113. The highest BCUT2D eigenvalue weighted by atomic mass is 32.1. The molecule has 0 saturated heterocycles. The van der Waals surface area contributed by atoms with Crippen molar-refractivity contribution in [3.63, 3.8) is 0 Å². The van der Waals surface area contributed by atoms with Crippen LogP contribution in [0, 0.1) is 13.8 Å². The van der Waals surface area contributed by atoms with Crippen LogP contribution >= 0.6 is 11.3 Å². The highest BCUT2D eigenvalue weighted by molar-refractivity contribution is 7.15. The van der Waals surface area contributed by atoms with Crippen molar-refractivity contribution < 1.29 is 9.90 Å². The topological polar surface area (TPSA) is 54.6 Å². The molecule has 5 heteroatoms. The molecule has 0 atom stereocenters. The molecule has 0 saturated carbocycles. The number of imidazole rings is 1.